The van der Waals surface area contributed by atoms with E-state index in [1.54, 1.807) is 23.1 Å². The van der Waals surface area contributed by atoms with Gasteiger partial charge in [-0.15, -0.1) is 0 Å². The Morgan fingerprint density at radius 1 is 1.28 bits per heavy atom. The summed E-state index contributed by atoms with van der Waals surface area (Å²) >= 11 is 6.32. The highest BCUT2D eigenvalue weighted by Crippen LogP contribution is 2.37. The fourth-order valence-electron chi connectivity index (χ4n) is 3.29. The van der Waals surface area contributed by atoms with E-state index in [9.17, 15) is 14.9 Å². The summed E-state index contributed by atoms with van der Waals surface area (Å²) in [4.78, 5) is 25.0. The van der Waals surface area contributed by atoms with Crippen molar-refractivity contribution in [2.45, 2.75) is 32.7 Å². The minimum Gasteiger partial charge on any atom is -0.338 e. The Kier molecular flexibility index (Phi) is 5.04. The lowest BCUT2D eigenvalue weighted by molar-refractivity contribution is -0.384. The number of hydrogen-bond acceptors (Lipinski definition) is 3. The lowest BCUT2D eigenvalue weighted by Gasteiger charge is -2.30. The van der Waals surface area contributed by atoms with E-state index in [2.05, 4.69) is 0 Å². The molecular formula is C19H19ClN2O3. The molecule has 0 spiro atoms. The number of nitro groups is 1. The van der Waals surface area contributed by atoms with E-state index in [0.717, 1.165) is 28.7 Å². The number of nitrogens with zero attached hydrogens (tertiary/aromatic N) is 2. The third-order valence-electron chi connectivity index (χ3n) is 4.51. The molecule has 0 fully saturated rings. The quantitative estimate of drug-likeness (QED) is 0.592. The maximum Gasteiger partial charge on any atom is 0.270 e. The number of hydrogen-bond donors (Lipinski definition) is 0. The number of fused-ring (bicyclic) bond motifs is 1. The molecule has 1 aliphatic heterocycles. The number of halogens is 1. The fraction of sp³-hybridized carbons (Fsp3) is 0.316. The average molecular weight is 359 g/mol. The van der Waals surface area contributed by atoms with Gasteiger partial charge < -0.3 is 4.90 Å². The molecule has 6 heteroatoms. The van der Waals surface area contributed by atoms with Gasteiger partial charge in [-0.05, 0) is 35.6 Å². The number of benzene rings is 2. The first-order valence-electron chi connectivity index (χ1n) is 8.34. The van der Waals surface area contributed by atoms with Gasteiger partial charge in [0.1, 0.15) is 0 Å². The molecular weight excluding hydrogens is 340 g/mol. The van der Waals surface area contributed by atoms with E-state index in [4.69, 9.17) is 11.6 Å². The zero-order valence-electron chi connectivity index (χ0n) is 14.0. The topological polar surface area (TPSA) is 63.5 Å². The molecule has 1 amide bonds. The largest absolute Gasteiger partial charge is 0.338 e. The van der Waals surface area contributed by atoms with Crippen LogP contribution in [0.5, 0.6) is 0 Å². The smallest absolute Gasteiger partial charge is 0.270 e. The first kappa shape index (κ1) is 17.4. The molecule has 0 aromatic heterocycles. The number of nitro benzene ring substituents is 1. The molecule has 2 aromatic carbocycles. The van der Waals surface area contributed by atoms with Crippen molar-refractivity contribution < 1.29 is 9.72 Å². The van der Waals surface area contributed by atoms with Crippen LogP contribution < -0.4 is 0 Å². The Balaban J connectivity index is 2.08. The van der Waals surface area contributed by atoms with Crippen LogP contribution in [0, 0.1) is 10.1 Å². The Hall–Kier alpha value is -2.40. The summed E-state index contributed by atoms with van der Waals surface area (Å²) in [6.45, 7) is 3.00. The van der Waals surface area contributed by atoms with Crippen molar-refractivity contribution >= 4 is 23.2 Å². The van der Waals surface area contributed by atoms with Gasteiger partial charge in [0.2, 0.25) is 5.91 Å². The fourth-order valence-corrected chi connectivity index (χ4v) is 3.53. The van der Waals surface area contributed by atoms with E-state index >= 15 is 0 Å². The van der Waals surface area contributed by atoms with Crippen molar-refractivity contribution in [3.63, 3.8) is 0 Å². The summed E-state index contributed by atoms with van der Waals surface area (Å²) in [6, 6.07) is 10.5. The van der Waals surface area contributed by atoms with Crippen LogP contribution in [0.25, 0.3) is 11.1 Å². The number of non-ortho nitro benzene ring substituents is 1. The molecule has 0 atom stereocenters. The lowest BCUT2D eigenvalue weighted by atomic mass is 9.90. The van der Waals surface area contributed by atoms with Crippen LogP contribution in [0.1, 0.15) is 30.9 Å². The Morgan fingerprint density at radius 3 is 2.72 bits per heavy atom. The molecule has 0 N–H and O–H groups in total. The van der Waals surface area contributed by atoms with Gasteiger partial charge in [0.15, 0.2) is 0 Å². The molecule has 0 aliphatic carbocycles. The van der Waals surface area contributed by atoms with E-state index in [0.29, 0.717) is 31.0 Å². The predicted octanol–water partition coefficient (Wildman–Crippen LogP) is 4.60. The normalized spacial score (nSPS) is 13.4. The maximum atomic E-state index is 12.2. The summed E-state index contributed by atoms with van der Waals surface area (Å²) in [5.74, 6) is 0.0962. The molecule has 0 saturated heterocycles. The van der Waals surface area contributed by atoms with Gasteiger partial charge in [0.05, 0.1) is 4.92 Å². The molecule has 130 valence electrons. The van der Waals surface area contributed by atoms with Crippen LogP contribution in [0.4, 0.5) is 5.69 Å². The summed E-state index contributed by atoms with van der Waals surface area (Å²) in [6.07, 6.45) is 1.97. The van der Waals surface area contributed by atoms with E-state index in [-0.39, 0.29) is 11.6 Å². The van der Waals surface area contributed by atoms with Gasteiger partial charge in [0, 0.05) is 42.2 Å². The predicted molar refractivity (Wildman–Crippen MR) is 97.6 cm³/mol. The minimum atomic E-state index is -0.395. The highest BCUT2D eigenvalue weighted by molar-refractivity contribution is 6.33. The van der Waals surface area contributed by atoms with Gasteiger partial charge in [-0.25, -0.2) is 0 Å². The van der Waals surface area contributed by atoms with Gasteiger partial charge >= 0.3 is 0 Å². The molecule has 0 saturated carbocycles. The Morgan fingerprint density at radius 2 is 2.04 bits per heavy atom. The van der Waals surface area contributed by atoms with Crippen LogP contribution in [0.3, 0.4) is 0 Å². The zero-order chi connectivity index (χ0) is 18.0. The van der Waals surface area contributed by atoms with Crippen molar-refractivity contribution in [3.8, 4) is 11.1 Å². The van der Waals surface area contributed by atoms with E-state index < -0.39 is 4.92 Å². The van der Waals surface area contributed by atoms with Gasteiger partial charge in [-0.1, -0.05) is 36.7 Å². The first-order valence-corrected chi connectivity index (χ1v) is 8.72. The van der Waals surface area contributed by atoms with Crippen LogP contribution >= 0.6 is 11.6 Å². The molecule has 1 aliphatic rings. The Labute approximate surface area is 151 Å². The first-order chi connectivity index (χ1) is 12.0. The third kappa shape index (κ3) is 3.51. The molecule has 1 heterocycles. The second-order valence-electron chi connectivity index (χ2n) is 6.18. The average Bonchev–Trinajstić information content (AvgIpc) is 2.61. The van der Waals surface area contributed by atoms with Crippen molar-refractivity contribution in [2.24, 2.45) is 0 Å². The molecule has 0 unspecified atom stereocenters. The summed E-state index contributed by atoms with van der Waals surface area (Å²) in [5.41, 5.74) is 3.48. The van der Waals surface area contributed by atoms with Crippen molar-refractivity contribution in [3.05, 3.63) is 62.7 Å². The van der Waals surface area contributed by atoms with Gasteiger partial charge in [-0.3, -0.25) is 14.9 Å². The number of amides is 1. The standard InChI is InChI=1S/C19H19ClN2O3/c1-2-5-19(23)21-9-8-15-13(12-21)10-14(22(24)25)11-17(15)16-6-3-4-7-18(16)20/h3-4,6-7,10-11H,2,5,8-9,12H2,1H3. The maximum absolute atomic E-state index is 12.2. The van der Waals surface area contributed by atoms with Crippen LogP contribution in [-0.4, -0.2) is 22.3 Å². The van der Waals surface area contributed by atoms with Crippen molar-refractivity contribution in [1.82, 2.24) is 4.90 Å². The SMILES string of the molecule is CCCC(=O)N1CCc2c(cc([N+](=O)[O-])cc2-c2ccccc2Cl)C1. The highest BCUT2D eigenvalue weighted by atomic mass is 35.5. The summed E-state index contributed by atoms with van der Waals surface area (Å²) < 4.78 is 0. The van der Waals surface area contributed by atoms with Crippen LogP contribution in [0.2, 0.25) is 5.02 Å². The Bertz CT molecular complexity index is 835. The minimum absolute atomic E-state index is 0.0264. The van der Waals surface area contributed by atoms with Crippen LogP contribution in [0.15, 0.2) is 36.4 Å². The van der Waals surface area contributed by atoms with Gasteiger partial charge in [0.25, 0.3) is 5.69 Å². The molecule has 5 nitrogen and oxygen atoms in total. The molecule has 2 aromatic rings. The van der Waals surface area contributed by atoms with E-state index in [1.165, 1.54) is 0 Å². The molecule has 3 rings (SSSR count). The second kappa shape index (κ2) is 7.23. The lowest BCUT2D eigenvalue weighted by Crippen LogP contribution is -2.36. The molecule has 0 radical (unpaired) electrons. The highest BCUT2D eigenvalue weighted by Gasteiger charge is 2.26. The molecule has 25 heavy (non-hydrogen) atoms. The molecule has 0 bridgehead atoms. The summed E-state index contributed by atoms with van der Waals surface area (Å²) in [5, 5.41) is 11.9. The van der Waals surface area contributed by atoms with Gasteiger partial charge in [-0.2, -0.15) is 0 Å². The monoisotopic (exact) mass is 358 g/mol. The number of carbonyl (C=O) groups is 1. The summed E-state index contributed by atoms with van der Waals surface area (Å²) in [7, 11) is 0. The number of rotatable bonds is 4. The third-order valence-corrected chi connectivity index (χ3v) is 4.84. The van der Waals surface area contributed by atoms with Crippen LogP contribution in [-0.2, 0) is 17.8 Å². The van der Waals surface area contributed by atoms with E-state index in [1.807, 2.05) is 25.1 Å². The zero-order valence-corrected chi connectivity index (χ0v) is 14.8. The van der Waals surface area contributed by atoms with Crippen molar-refractivity contribution in [1.29, 1.82) is 0 Å². The number of carbonyl (C=O) groups excluding carboxylic acids is 1. The second-order valence-corrected chi connectivity index (χ2v) is 6.59. The van der Waals surface area contributed by atoms with Crippen molar-refractivity contribution in [2.75, 3.05) is 6.54 Å².